The summed E-state index contributed by atoms with van der Waals surface area (Å²) in [7, 11) is 0. The van der Waals surface area contributed by atoms with Crippen LogP contribution in [0.25, 0.3) is 102 Å². The second-order valence-corrected chi connectivity index (χ2v) is 16.3. The molecular weight excluding hydrogens is 813 g/mol. The van der Waals surface area contributed by atoms with Gasteiger partial charge < -0.3 is 20.2 Å². The smallest absolute Gasteiger partial charge is 0.218 e. The van der Waals surface area contributed by atoms with Crippen LogP contribution in [0.5, 0.6) is 0 Å². The largest absolute Gasteiger partial charge is 0.493 e. The molecular formula is C58H38N6O2. The number of benzene rings is 6. The summed E-state index contributed by atoms with van der Waals surface area (Å²) in [4.78, 5) is 28.4. The Kier molecular flexibility index (Phi) is 9.28. The summed E-state index contributed by atoms with van der Waals surface area (Å²) < 4.78 is 0. The predicted octanol–water partition coefficient (Wildman–Crippen LogP) is 14.6. The number of rotatable bonds is 2. The van der Waals surface area contributed by atoms with Gasteiger partial charge in [-0.1, -0.05) is 121 Å². The molecule has 8 nitrogen and oxygen atoms in total. The summed E-state index contributed by atoms with van der Waals surface area (Å²) in [6.45, 7) is 0. The minimum absolute atomic E-state index is 0.145. The van der Waals surface area contributed by atoms with Crippen molar-refractivity contribution in [3.63, 3.8) is 0 Å². The number of hydrogen-bond acceptors (Lipinski definition) is 4. The van der Waals surface area contributed by atoms with Crippen LogP contribution in [0.1, 0.15) is 33.9 Å². The van der Waals surface area contributed by atoms with Gasteiger partial charge in [-0.2, -0.15) is 0 Å². The van der Waals surface area contributed by atoms with E-state index in [-0.39, 0.29) is 11.8 Å². The van der Waals surface area contributed by atoms with E-state index in [1.165, 1.54) is 0 Å². The molecule has 4 aliphatic rings. The number of nitrogens with one attached hydrogen (secondary N) is 2. The Morgan fingerprint density at radius 3 is 1.06 bits per heavy atom. The summed E-state index contributed by atoms with van der Waals surface area (Å²) in [5.74, 6) is -0.291. The lowest BCUT2D eigenvalue weighted by molar-refractivity contribution is 0.554. The fraction of sp³-hybridized carbons (Fsp3) is 0. The molecule has 3 aromatic heterocycles. The van der Waals surface area contributed by atoms with Crippen LogP contribution in [0.3, 0.4) is 0 Å². The molecule has 0 unspecified atom stereocenters. The Morgan fingerprint density at radius 1 is 0.303 bits per heavy atom. The topological polar surface area (TPSA) is 123 Å². The van der Waals surface area contributed by atoms with E-state index in [9.17, 15) is 10.2 Å². The summed E-state index contributed by atoms with van der Waals surface area (Å²) in [5, 5.41) is 23.8. The van der Waals surface area contributed by atoms with E-state index in [4.69, 9.17) is 20.0 Å². The van der Waals surface area contributed by atoms with E-state index >= 15 is 0 Å². The number of aromatic nitrogens is 4. The number of hydrogen-bond donors (Lipinski definition) is 4. The lowest BCUT2D eigenvalue weighted by atomic mass is 10.00. The fourth-order valence-electron chi connectivity index (χ4n) is 9.19. The van der Waals surface area contributed by atoms with Crippen molar-refractivity contribution in [2.45, 2.75) is 0 Å². The standard InChI is InChI=1S/C58H38N6O2/c65-57-39-19-11-17-37(33-39)38-18-12-20-40(34-38)58(66)64-44-24-10-8-22-42(44)56-50-30-26-46(60-50)53(35-13-3-1-4-14-35)45-25-29-49(59-45)55(41-21-7-9-23-43(41)63-57)51-31-27-47(61-51)54(36-15-5-2-6-16-36)48-28-32-52(56)62-48/h1-34,59,62H,(H,63,65)(H,64,66). The third kappa shape index (κ3) is 6.81. The summed E-state index contributed by atoms with van der Waals surface area (Å²) in [6, 6.07) is 59.7. The molecule has 0 amide bonds. The van der Waals surface area contributed by atoms with Gasteiger partial charge in [0.25, 0.3) is 0 Å². The number of nitrogens with zero attached hydrogens (tertiary/aromatic N) is 4. The Bertz CT molecular complexity index is 3480. The lowest BCUT2D eigenvalue weighted by Crippen LogP contribution is -2.00. The van der Waals surface area contributed by atoms with Crippen LogP contribution in [0.2, 0.25) is 0 Å². The molecule has 66 heavy (non-hydrogen) atoms. The van der Waals surface area contributed by atoms with Crippen LogP contribution in [-0.4, -0.2) is 41.9 Å². The van der Waals surface area contributed by atoms with Gasteiger partial charge in [0.1, 0.15) is 0 Å². The second-order valence-electron chi connectivity index (χ2n) is 16.3. The van der Waals surface area contributed by atoms with Crippen LogP contribution in [0, 0.1) is 0 Å². The molecule has 0 spiro atoms. The van der Waals surface area contributed by atoms with Crippen molar-refractivity contribution in [3.05, 3.63) is 216 Å². The molecule has 0 radical (unpaired) electrons. The molecule has 0 fully saturated rings. The molecule has 4 N–H and O–H groups in total. The van der Waals surface area contributed by atoms with Crippen LogP contribution >= 0.6 is 0 Å². The molecule has 13 rings (SSSR count). The first-order valence-corrected chi connectivity index (χ1v) is 21.7. The maximum Gasteiger partial charge on any atom is 0.218 e. The first kappa shape index (κ1) is 38.5. The molecule has 8 heteroatoms. The molecule has 9 aromatic rings. The van der Waals surface area contributed by atoms with Crippen molar-refractivity contribution in [2.24, 2.45) is 9.98 Å². The highest BCUT2D eigenvalue weighted by Gasteiger charge is 2.21. The molecule has 312 valence electrons. The third-order valence-electron chi connectivity index (χ3n) is 12.3. The van der Waals surface area contributed by atoms with Crippen LogP contribution in [-0.2, 0) is 0 Å². The van der Waals surface area contributed by atoms with E-state index in [0.717, 1.165) is 100 Å². The maximum absolute atomic E-state index is 11.9. The van der Waals surface area contributed by atoms with Gasteiger partial charge in [0, 0.05) is 66.6 Å². The van der Waals surface area contributed by atoms with Crippen molar-refractivity contribution in [3.8, 4) is 55.6 Å². The molecule has 0 saturated carbocycles. The quantitative estimate of drug-likeness (QED) is 0.138. The van der Waals surface area contributed by atoms with Gasteiger partial charge in [-0.15, -0.1) is 0 Å². The number of para-hydroxylation sites is 2. The number of H-pyrrole nitrogens is 2. The van der Waals surface area contributed by atoms with Crippen LogP contribution in [0.4, 0.5) is 11.4 Å². The van der Waals surface area contributed by atoms with Crippen LogP contribution < -0.4 is 0 Å². The summed E-state index contributed by atoms with van der Waals surface area (Å²) in [6.07, 6.45) is 8.23. The molecule has 0 atom stereocenters. The zero-order chi connectivity index (χ0) is 44.1. The van der Waals surface area contributed by atoms with Gasteiger partial charge in [0.15, 0.2) is 0 Å². The van der Waals surface area contributed by atoms with E-state index in [1.807, 2.05) is 133 Å². The Labute approximate surface area is 379 Å². The van der Waals surface area contributed by atoms with Crippen molar-refractivity contribution < 1.29 is 10.2 Å². The van der Waals surface area contributed by atoms with Gasteiger partial charge in [-0.05, 0) is 107 Å². The van der Waals surface area contributed by atoms with Gasteiger partial charge in [-0.3, -0.25) is 0 Å². The molecule has 4 aliphatic heterocycles. The third-order valence-corrected chi connectivity index (χ3v) is 12.3. The minimum atomic E-state index is -0.145. The summed E-state index contributed by atoms with van der Waals surface area (Å²) in [5.41, 5.74) is 17.1. The Hall–Kier alpha value is -9.14. The van der Waals surface area contributed by atoms with Gasteiger partial charge in [0.05, 0.1) is 34.2 Å². The van der Waals surface area contributed by atoms with Crippen molar-refractivity contribution in [1.29, 1.82) is 0 Å². The van der Waals surface area contributed by atoms with Gasteiger partial charge in [0.2, 0.25) is 11.8 Å². The average molecular weight is 851 g/mol. The highest BCUT2D eigenvalue weighted by molar-refractivity contribution is 6.04. The van der Waals surface area contributed by atoms with Crippen LogP contribution in [0.15, 0.2) is 192 Å². The van der Waals surface area contributed by atoms with Crippen molar-refractivity contribution >= 4 is 69.5 Å². The minimum Gasteiger partial charge on any atom is -0.493 e. The summed E-state index contributed by atoms with van der Waals surface area (Å²) >= 11 is 0. The van der Waals surface area contributed by atoms with E-state index < -0.39 is 0 Å². The monoisotopic (exact) mass is 850 g/mol. The maximum atomic E-state index is 11.9. The predicted molar refractivity (Wildman–Crippen MR) is 270 cm³/mol. The molecule has 0 saturated heterocycles. The van der Waals surface area contributed by atoms with Gasteiger partial charge >= 0.3 is 0 Å². The number of aliphatic hydroxyl groups excluding tert-OH is 2. The number of aliphatic hydroxyl groups is 2. The normalized spacial score (nSPS) is 12.7. The molecule has 7 heterocycles. The first-order chi connectivity index (χ1) is 32.5. The SMILES string of the molecule is OC1=Nc2ccccc2-c2c3nc(c(-c4ccccc4)c4ccc([nH]4)c(c4nc(c(-c5ccccc5)c5ccc2[nH]5)C=C4)-c2ccccc2N=C(O)c2cccc(c2)-c2cccc1c2)C=C3. The number of aliphatic imine (C=N–C) groups is 2. The average Bonchev–Trinajstić information content (AvgIpc) is 4.22. The number of aromatic amines is 2. The molecule has 6 aromatic carbocycles. The van der Waals surface area contributed by atoms with Crippen molar-refractivity contribution in [1.82, 2.24) is 19.9 Å². The van der Waals surface area contributed by atoms with E-state index in [2.05, 4.69) is 82.8 Å². The molecule has 0 aliphatic carbocycles. The highest BCUT2D eigenvalue weighted by atomic mass is 16.3. The van der Waals surface area contributed by atoms with Crippen molar-refractivity contribution in [2.75, 3.05) is 0 Å². The Balaban J connectivity index is 1.29. The van der Waals surface area contributed by atoms with E-state index in [0.29, 0.717) is 22.5 Å². The highest BCUT2D eigenvalue weighted by Crippen LogP contribution is 2.42. The van der Waals surface area contributed by atoms with E-state index in [1.54, 1.807) is 0 Å². The second kappa shape index (κ2) is 15.9. The van der Waals surface area contributed by atoms with Gasteiger partial charge in [-0.25, -0.2) is 20.0 Å². The Morgan fingerprint density at radius 2 is 0.636 bits per heavy atom. The zero-order valence-corrected chi connectivity index (χ0v) is 35.3. The zero-order valence-electron chi connectivity index (χ0n) is 35.3. The first-order valence-electron chi connectivity index (χ1n) is 21.7. The fourth-order valence-corrected chi connectivity index (χ4v) is 9.19. The molecule has 14 bridgehead atoms. The lowest BCUT2D eigenvalue weighted by Gasteiger charge is -2.10.